The van der Waals surface area contributed by atoms with Crippen LogP contribution < -0.4 is 0 Å². The first-order valence-electron chi connectivity index (χ1n) is 3.62. The Hall–Kier alpha value is -1.15. The van der Waals surface area contributed by atoms with E-state index in [0.29, 0.717) is 0 Å². The molecule has 0 aliphatic heterocycles. The minimum atomic E-state index is -0.101. The second-order valence-corrected chi connectivity index (χ2v) is 3.66. The molecule has 0 saturated carbocycles. The van der Waals surface area contributed by atoms with Gasteiger partial charge in [-0.05, 0) is 17.5 Å². The fraction of sp³-hybridized carbons (Fsp3) is 0. The monoisotopic (exact) mass is 175 g/mol. The lowest BCUT2D eigenvalue weighted by Crippen LogP contribution is -1.84. The van der Waals surface area contributed by atoms with E-state index in [0.717, 1.165) is 15.0 Å². The number of hydrogen-bond acceptors (Lipinski definition) is 2. The zero-order valence-electron chi connectivity index (χ0n) is 6.41. The van der Waals surface area contributed by atoms with Gasteiger partial charge in [0, 0.05) is 11.6 Å². The molecular formula is C10H7OS. The molecule has 2 heteroatoms. The van der Waals surface area contributed by atoms with Gasteiger partial charge < -0.3 is 0 Å². The molecule has 2 rings (SSSR count). The Labute approximate surface area is 74.6 Å². The van der Waals surface area contributed by atoms with Gasteiger partial charge in [0.1, 0.15) is 0 Å². The summed E-state index contributed by atoms with van der Waals surface area (Å²) in [5.74, 6) is -0.101. The zero-order chi connectivity index (χ0) is 8.55. The number of fused-ring (bicyclic) bond motifs is 1. The van der Waals surface area contributed by atoms with Gasteiger partial charge in [-0.25, -0.2) is 0 Å². The molecular weight excluding hydrogens is 168 g/mol. The molecule has 0 fully saturated rings. The van der Waals surface area contributed by atoms with Gasteiger partial charge in [-0.2, -0.15) is 0 Å². The summed E-state index contributed by atoms with van der Waals surface area (Å²) in [6.07, 6.45) is 0. The minimum Gasteiger partial charge on any atom is -0.293 e. The van der Waals surface area contributed by atoms with E-state index in [2.05, 4.69) is 6.92 Å². The molecule has 0 saturated heterocycles. The van der Waals surface area contributed by atoms with E-state index in [9.17, 15) is 4.79 Å². The van der Waals surface area contributed by atoms with E-state index in [1.165, 1.54) is 11.3 Å². The van der Waals surface area contributed by atoms with Crippen LogP contribution in [-0.4, -0.2) is 5.78 Å². The lowest BCUT2D eigenvalue weighted by Gasteiger charge is -1.82. The molecule has 0 unspecified atom stereocenters. The van der Waals surface area contributed by atoms with Crippen LogP contribution >= 0.6 is 11.3 Å². The van der Waals surface area contributed by atoms with Gasteiger partial charge in [-0.15, -0.1) is 11.3 Å². The summed E-state index contributed by atoms with van der Waals surface area (Å²) < 4.78 is 1.14. The number of ketones is 1. The van der Waals surface area contributed by atoms with E-state index < -0.39 is 0 Å². The van der Waals surface area contributed by atoms with Crippen molar-refractivity contribution in [3.05, 3.63) is 42.1 Å². The third-order valence-corrected chi connectivity index (χ3v) is 2.86. The molecule has 0 bridgehead atoms. The maximum absolute atomic E-state index is 10.9. The topological polar surface area (TPSA) is 17.1 Å². The fourth-order valence-corrected chi connectivity index (χ4v) is 2.05. The maximum atomic E-state index is 10.9. The van der Waals surface area contributed by atoms with Gasteiger partial charge in [-0.3, -0.25) is 4.79 Å². The molecule has 59 valence electrons. The first-order valence-corrected chi connectivity index (χ1v) is 4.44. The summed E-state index contributed by atoms with van der Waals surface area (Å²) in [5, 5.41) is 1.12. The molecule has 0 spiro atoms. The van der Waals surface area contributed by atoms with Crippen molar-refractivity contribution in [2.24, 2.45) is 0 Å². The number of rotatable bonds is 1. The average Bonchev–Trinajstić information content (AvgIpc) is 2.46. The van der Waals surface area contributed by atoms with Crippen molar-refractivity contribution in [3.63, 3.8) is 0 Å². The quantitative estimate of drug-likeness (QED) is 0.609. The Balaban J connectivity index is 2.70. The number of Topliss-reactive ketones (excluding diaryl/α,β-unsaturated/α-hetero) is 1. The highest BCUT2D eigenvalue weighted by Gasteiger charge is 2.03. The normalized spacial score (nSPS) is 10.4. The molecule has 1 aromatic carbocycles. The molecule has 1 nitrogen and oxygen atoms in total. The van der Waals surface area contributed by atoms with Crippen LogP contribution in [-0.2, 0) is 0 Å². The van der Waals surface area contributed by atoms with E-state index in [4.69, 9.17) is 0 Å². The zero-order valence-corrected chi connectivity index (χ0v) is 7.23. The van der Waals surface area contributed by atoms with Gasteiger partial charge >= 0.3 is 0 Å². The molecule has 0 aliphatic carbocycles. The highest BCUT2D eigenvalue weighted by Crippen LogP contribution is 2.25. The standard InChI is InChI=1S/C10H7OS/c1-7(11)10-6-8-4-2-3-5-9(8)12-10/h2-6H,1H2. The summed E-state index contributed by atoms with van der Waals surface area (Å²) in [4.78, 5) is 11.6. The van der Waals surface area contributed by atoms with Crippen LogP contribution in [0, 0.1) is 6.92 Å². The van der Waals surface area contributed by atoms with Crippen LogP contribution in [0.5, 0.6) is 0 Å². The molecule has 1 heterocycles. The SMILES string of the molecule is [CH2]C(=O)c1cc2ccccc2s1. The lowest BCUT2D eigenvalue weighted by atomic mass is 10.2. The van der Waals surface area contributed by atoms with Crippen LogP contribution in [0.3, 0.4) is 0 Å². The maximum Gasteiger partial charge on any atom is 0.173 e. The lowest BCUT2D eigenvalue weighted by molar-refractivity contribution is 0.104. The van der Waals surface area contributed by atoms with Crippen LogP contribution in [0.1, 0.15) is 9.67 Å². The Morgan fingerprint density at radius 1 is 1.33 bits per heavy atom. The van der Waals surface area contributed by atoms with Gasteiger partial charge in [0.15, 0.2) is 5.78 Å². The van der Waals surface area contributed by atoms with Crippen molar-refractivity contribution in [2.45, 2.75) is 0 Å². The summed E-state index contributed by atoms with van der Waals surface area (Å²) in [5.41, 5.74) is 0. The van der Waals surface area contributed by atoms with Gasteiger partial charge in [0.25, 0.3) is 0 Å². The van der Waals surface area contributed by atoms with Crippen LogP contribution in [0.4, 0.5) is 0 Å². The van der Waals surface area contributed by atoms with Crippen molar-refractivity contribution < 1.29 is 4.79 Å². The van der Waals surface area contributed by atoms with Gasteiger partial charge in [-0.1, -0.05) is 18.2 Å². The van der Waals surface area contributed by atoms with Crippen LogP contribution in [0.2, 0.25) is 0 Å². The Morgan fingerprint density at radius 3 is 2.75 bits per heavy atom. The molecule has 1 aromatic heterocycles. The van der Waals surface area contributed by atoms with E-state index >= 15 is 0 Å². The average molecular weight is 175 g/mol. The second-order valence-electron chi connectivity index (χ2n) is 2.57. The molecule has 0 atom stereocenters. The Morgan fingerprint density at radius 2 is 2.08 bits per heavy atom. The van der Waals surface area contributed by atoms with Crippen molar-refractivity contribution in [3.8, 4) is 0 Å². The second kappa shape index (κ2) is 2.72. The van der Waals surface area contributed by atoms with E-state index in [1.54, 1.807) is 0 Å². The molecule has 2 aromatic rings. The summed E-state index contributed by atoms with van der Waals surface area (Å²) in [7, 11) is 0. The summed E-state index contributed by atoms with van der Waals surface area (Å²) >= 11 is 1.49. The van der Waals surface area contributed by atoms with Crippen LogP contribution in [0.15, 0.2) is 30.3 Å². The highest BCUT2D eigenvalue weighted by atomic mass is 32.1. The summed E-state index contributed by atoms with van der Waals surface area (Å²) in [6, 6.07) is 9.82. The molecule has 0 amide bonds. The summed E-state index contributed by atoms with van der Waals surface area (Å²) in [6.45, 7) is 3.38. The molecule has 1 radical (unpaired) electrons. The molecule has 0 N–H and O–H groups in total. The largest absolute Gasteiger partial charge is 0.293 e. The van der Waals surface area contributed by atoms with Crippen molar-refractivity contribution >= 4 is 27.2 Å². The molecule has 12 heavy (non-hydrogen) atoms. The number of benzene rings is 1. The predicted molar refractivity (Wildman–Crippen MR) is 51.5 cm³/mol. The number of hydrogen-bond donors (Lipinski definition) is 0. The van der Waals surface area contributed by atoms with Gasteiger partial charge in [0.05, 0.1) is 4.88 Å². The van der Waals surface area contributed by atoms with Crippen molar-refractivity contribution in [2.75, 3.05) is 0 Å². The number of carbonyl (C=O) groups excluding carboxylic acids is 1. The third kappa shape index (κ3) is 1.14. The predicted octanol–water partition coefficient (Wildman–Crippen LogP) is 2.92. The van der Waals surface area contributed by atoms with Crippen LogP contribution in [0.25, 0.3) is 10.1 Å². The van der Waals surface area contributed by atoms with E-state index in [-0.39, 0.29) is 5.78 Å². The third-order valence-electron chi connectivity index (χ3n) is 1.70. The Bertz CT molecular complexity index is 395. The van der Waals surface area contributed by atoms with Gasteiger partial charge in [0.2, 0.25) is 0 Å². The van der Waals surface area contributed by atoms with Crippen molar-refractivity contribution in [1.29, 1.82) is 0 Å². The molecule has 0 aliphatic rings. The van der Waals surface area contributed by atoms with E-state index in [1.807, 2.05) is 30.3 Å². The van der Waals surface area contributed by atoms with Crippen molar-refractivity contribution in [1.82, 2.24) is 0 Å². The smallest absolute Gasteiger partial charge is 0.173 e. The fourth-order valence-electron chi connectivity index (χ4n) is 1.12. The minimum absolute atomic E-state index is 0.101. The highest BCUT2D eigenvalue weighted by molar-refractivity contribution is 7.20. The number of thiophene rings is 1. The first-order chi connectivity index (χ1) is 5.77. The Kier molecular flexibility index (Phi) is 1.70. The first kappa shape index (κ1) is 7.50. The number of carbonyl (C=O) groups is 1.